The fourth-order valence-corrected chi connectivity index (χ4v) is 5.32. The molecule has 0 saturated carbocycles. The minimum absolute atomic E-state index is 0.0140. The first-order valence-corrected chi connectivity index (χ1v) is 15.6. The Morgan fingerprint density at radius 2 is 1.63 bits per heavy atom. The molecule has 0 bridgehead atoms. The lowest BCUT2D eigenvalue weighted by molar-refractivity contribution is -0.141. The second-order valence-electron chi connectivity index (χ2n) is 10.8. The predicted molar refractivity (Wildman–Crippen MR) is 172 cm³/mol. The molecule has 1 aromatic carbocycles. The van der Waals surface area contributed by atoms with Crippen molar-refractivity contribution >= 4 is 34.0 Å². The van der Waals surface area contributed by atoms with E-state index in [2.05, 4.69) is 16.0 Å². The van der Waals surface area contributed by atoms with Crippen LogP contribution in [0.2, 0.25) is 0 Å². The number of amides is 1. The Morgan fingerprint density at radius 1 is 0.935 bits per heavy atom. The number of esters is 1. The summed E-state index contributed by atoms with van der Waals surface area (Å²) in [4.78, 5) is 46.9. The van der Waals surface area contributed by atoms with Crippen LogP contribution in [0.25, 0.3) is 10.8 Å². The Labute approximate surface area is 268 Å². The lowest BCUT2D eigenvalue weighted by Crippen LogP contribution is -2.46. The Balaban J connectivity index is 1.38. The molecule has 4 rings (SSSR count). The molecule has 1 aliphatic rings. The second-order valence-corrected chi connectivity index (χ2v) is 10.8. The molecule has 3 aromatic rings. The van der Waals surface area contributed by atoms with Gasteiger partial charge >= 0.3 is 5.97 Å². The van der Waals surface area contributed by atoms with Crippen molar-refractivity contribution in [3.63, 3.8) is 0 Å². The number of hydrogen-bond donors (Lipinski definition) is 1. The van der Waals surface area contributed by atoms with Gasteiger partial charge in [0.25, 0.3) is 5.56 Å². The topological polar surface area (TPSA) is 142 Å². The summed E-state index contributed by atoms with van der Waals surface area (Å²) < 4.78 is 27.9. The summed E-state index contributed by atoms with van der Waals surface area (Å²) >= 11 is 0. The van der Waals surface area contributed by atoms with Crippen LogP contribution in [0.4, 0.5) is 11.4 Å². The molecule has 1 N–H and O–H groups in total. The number of aliphatic hydroxyl groups is 1. The third-order valence-electron chi connectivity index (χ3n) is 7.64. The average molecular weight is 641 g/mol. The molecular weight excluding hydrogens is 596 g/mol. The minimum Gasteiger partial charge on any atom is -0.468 e. The number of aromatic nitrogens is 2. The number of ether oxygens (including phenoxy) is 5. The van der Waals surface area contributed by atoms with Gasteiger partial charge in [-0.2, -0.15) is 0 Å². The first-order chi connectivity index (χ1) is 22.5. The van der Waals surface area contributed by atoms with Crippen molar-refractivity contribution in [2.75, 3.05) is 96.0 Å². The highest BCUT2D eigenvalue weighted by Gasteiger charge is 2.31. The van der Waals surface area contributed by atoms with Crippen LogP contribution in [-0.2, 0) is 39.8 Å². The number of piperidine rings is 1. The smallest absolute Gasteiger partial charge is 0.325 e. The fourth-order valence-electron chi connectivity index (χ4n) is 5.32. The molecule has 250 valence electrons. The number of methoxy groups -OCH3 is 1. The number of carbonyl (C=O) groups excluding carboxylic acids is 2. The predicted octanol–water partition coefficient (Wildman–Crippen LogP) is 1.88. The number of rotatable bonds is 19. The number of fused-ring (bicyclic) bond motifs is 1. The van der Waals surface area contributed by atoms with Gasteiger partial charge in [-0.25, -0.2) is 0 Å². The quantitative estimate of drug-likeness (QED) is 0.152. The number of aliphatic hydroxyl groups excluding tert-OH is 1. The average Bonchev–Trinajstić information content (AvgIpc) is 3.09. The van der Waals surface area contributed by atoms with Gasteiger partial charge < -0.3 is 43.2 Å². The molecule has 0 spiro atoms. The maximum Gasteiger partial charge on any atom is 0.325 e. The first kappa shape index (κ1) is 35.0. The number of carbonyl (C=O) groups is 2. The number of benzene rings is 1. The van der Waals surface area contributed by atoms with Crippen LogP contribution in [0.1, 0.15) is 12.8 Å². The van der Waals surface area contributed by atoms with E-state index in [1.807, 2.05) is 30.6 Å². The molecule has 0 radical (unpaired) electrons. The van der Waals surface area contributed by atoms with E-state index < -0.39 is 5.97 Å². The van der Waals surface area contributed by atoms with Crippen LogP contribution in [0.5, 0.6) is 0 Å². The molecule has 2 aromatic heterocycles. The summed E-state index contributed by atoms with van der Waals surface area (Å²) in [5.41, 5.74) is 1.12. The highest BCUT2D eigenvalue weighted by molar-refractivity contribution is 5.96. The van der Waals surface area contributed by atoms with Crippen molar-refractivity contribution < 1.29 is 38.4 Å². The second kappa shape index (κ2) is 18.9. The summed E-state index contributed by atoms with van der Waals surface area (Å²) in [5, 5.41) is 10.8. The molecule has 1 amide bonds. The lowest BCUT2D eigenvalue weighted by atomic mass is 9.95. The van der Waals surface area contributed by atoms with Gasteiger partial charge in [0.05, 0.1) is 90.1 Å². The summed E-state index contributed by atoms with van der Waals surface area (Å²) in [7, 11) is 1.26. The summed E-state index contributed by atoms with van der Waals surface area (Å²) in [6.07, 6.45) is 6.77. The monoisotopic (exact) mass is 640 g/mol. The van der Waals surface area contributed by atoms with Gasteiger partial charge in [0, 0.05) is 48.9 Å². The zero-order valence-corrected chi connectivity index (χ0v) is 26.4. The van der Waals surface area contributed by atoms with E-state index in [1.54, 1.807) is 11.0 Å². The van der Waals surface area contributed by atoms with Crippen LogP contribution in [0.15, 0.2) is 59.8 Å². The molecular formula is C33H44N4O9. The van der Waals surface area contributed by atoms with Gasteiger partial charge in [-0.05, 0) is 18.9 Å². The maximum atomic E-state index is 14.2. The van der Waals surface area contributed by atoms with E-state index in [4.69, 9.17) is 28.8 Å². The summed E-state index contributed by atoms with van der Waals surface area (Å²) in [6.45, 7) is 4.20. The minimum atomic E-state index is -0.562. The van der Waals surface area contributed by atoms with Crippen LogP contribution in [0.3, 0.4) is 0 Å². The van der Waals surface area contributed by atoms with E-state index >= 15 is 0 Å². The van der Waals surface area contributed by atoms with Crippen LogP contribution in [0, 0.1) is 5.92 Å². The van der Waals surface area contributed by atoms with Crippen molar-refractivity contribution in [1.29, 1.82) is 0 Å². The van der Waals surface area contributed by atoms with Gasteiger partial charge in [-0.1, -0.05) is 24.3 Å². The first-order valence-electron chi connectivity index (χ1n) is 15.6. The molecule has 0 aliphatic carbocycles. The van der Waals surface area contributed by atoms with E-state index in [-0.39, 0.29) is 43.7 Å². The molecule has 13 nitrogen and oxygen atoms in total. The standard InChI is InChI=1S/C33H44N4O9/c1-42-32(40)25-36-24-28(8-9-31(36)39)37(11-13-43-15-17-45-19-20-46-18-16-44-14-12-38)33(41)27-6-4-10-35(23-27)30-22-34-21-26-5-2-3-7-29(26)30/h2-3,5,7-9,21-22,24,27,38H,4,6,10-20,23,25H2,1H3/t27-/m0/s1. The van der Waals surface area contributed by atoms with E-state index in [1.165, 1.54) is 23.9 Å². The van der Waals surface area contributed by atoms with E-state index in [9.17, 15) is 14.4 Å². The highest BCUT2D eigenvalue weighted by atomic mass is 16.6. The van der Waals surface area contributed by atoms with Crippen molar-refractivity contribution in [3.8, 4) is 0 Å². The number of pyridine rings is 2. The van der Waals surface area contributed by atoms with Crippen LogP contribution < -0.4 is 15.4 Å². The SMILES string of the molecule is COC(=O)Cn1cc(N(CCOCCOCCOCCOCCO)C(=O)[C@H]2CCCN(c3cncc4ccccc34)C2)ccc1=O. The molecule has 1 aliphatic heterocycles. The van der Waals surface area contributed by atoms with Crippen molar-refractivity contribution in [3.05, 3.63) is 65.3 Å². The van der Waals surface area contributed by atoms with E-state index in [0.717, 1.165) is 35.8 Å². The molecule has 13 heteroatoms. The van der Waals surface area contributed by atoms with Crippen LogP contribution in [-0.4, -0.2) is 113 Å². The molecule has 1 saturated heterocycles. The zero-order chi connectivity index (χ0) is 32.6. The lowest BCUT2D eigenvalue weighted by Gasteiger charge is -2.36. The Kier molecular flexibility index (Phi) is 14.4. The van der Waals surface area contributed by atoms with Crippen molar-refractivity contribution in [2.45, 2.75) is 19.4 Å². The number of hydrogen-bond acceptors (Lipinski definition) is 11. The summed E-state index contributed by atoms with van der Waals surface area (Å²) in [6, 6.07) is 11.0. The van der Waals surface area contributed by atoms with Gasteiger partial charge in [0.1, 0.15) is 6.54 Å². The third-order valence-corrected chi connectivity index (χ3v) is 7.64. The molecule has 3 heterocycles. The van der Waals surface area contributed by atoms with Crippen molar-refractivity contribution in [2.24, 2.45) is 5.92 Å². The molecule has 0 unspecified atom stereocenters. The number of anilines is 2. The Morgan fingerprint density at radius 3 is 2.35 bits per heavy atom. The molecule has 1 atom stereocenters. The fraction of sp³-hybridized carbons (Fsp3) is 0.515. The van der Waals surface area contributed by atoms with Gasteiger partial charge in [-0.15, -0.1) is 0 Å². The Hall–Kier alpha value is -3.88. The van der Waals surface area contributed by atoms with Gasteiger partial charge in [-0.3, -0.25) is 19.4 Å². The van der Waals surface area contributed by atoms with Crippen molar-refractivity contribution in [1.82, 2.24) is 9.55 Å². The van der Waals surface area contributed by atoms with Gasteiger partial charge in [0.2, 0.25) is 5.91 Å². The van der Waals surface area contributed by atoms with Crippen LogP contribution >= 0.6 is 0 Å². The number of nitrogens with zero attached hydrogens (tertiary/aromatic N) is 4. The maximum absolute atomic E-state index is 14.2. The largest absolute Gasteiger partial charge is 0.468 e. The highest BCUT2D eigenvalue weighted by Crippen LogP contribution is 2.30. The summed E-state index contributed by atoms with van der Waals surface area (Å²) in [5.74, 6) is -0.945. The normalized spacial score (nSPS) is 14.8. The third kappa shape index (κ3) is 10.3. The molecule has 1 fully saturated rings. The van der Waals surface area contributed by atoms with E-state index in [0.29, 0.717) is 58.5 Å². The zero-order valence-electron chi connectivity index (χ0n) is 26.4. The van der Waals surface area contributed by atoms with Gasteiger partial charge in [0.15, 0.2) is 0 Å². The molecule has 46 heavy (non-hydrogen) atoms. The Bertz CT molecular complexity index is 1440.